The number of hydrogen-bond donors (Lipinski definition) is 2. The molecule has 1 amide bonds. The quantitative estimate of drug-likeness (QED) is 0.892. The van der Waals surface area contributed by atoms with Gasteiger partial charge in [-0.3, -0.25) is 9.59 Å². The fourth-order valence-electron chi connectivity index (χ4n) is 2.96. The minimum absolute atomic E-state index is 0.196. The maximum Gasteiger partial charge on any atom is 0.261 e. The number of nitrogens with one attached hydrogen (secondary N) is 2. The molecule has 5 nitrogen and oxygen atoms in total. The van der Waals surface area contributed by atoms with E-state index < -0.39 is 0 Å². The molecule has 0 fully saturated rings. The lowest BCUT2D eigenvalue weighted by Gasteiger charge is -2.17. The Labute approximate surface area is 145 Å². The number of aromatic nitrogens is 2. The van der Waals surface area contributed by atoms with Crippen molar-refractivity contribution in [1.29, 1.82) is 0 Å². The summed E-state index contributed by atoms with van der Waals surface area (Å²) in [4.78, 5) is 32.2. The Kier molecular flexibility index (Phi) is 4.85. The van der Waals surface area contributed by atoms with E-state index in [2.05, 4.69) is 29.1 Å². The van der Waals surface area contributed by atoms with Crippen LogP contribution in [0.3, 0.4) is 0 Å². The normalized spacial score (nSPS) is 15.2. The predicted molar refractivity (Wildman–Crippen MR) is 95.8 cm³/mol. The molecule has 24 heavy (non-hydrogen) atoms. The Balaban J connectivity index is 1.78. The fourth-order valence-corrected chi connectivity index (χ4v) is 3.89. The summed E-state index contributed by atoms with van der Waals surface area (Å²) in [7, 11) is 0. The smallest absolute Gasteiger partial charge is 0.261 e. The fraction of sp³-hybridized carbons (Fsp3) is 0.500. The second-order valence-electron chi connectivity index (χ2n) is 6.68. The number of pyridine rings is 1. The summed E-state index contributed by atoms with van der Waals surface area (Å²) in [5.41, 5.74) is 2.81. The van der Waals surface area contributed by atoms with E-state index in [9.17, 15) is 9.59 Å². The molecule has 2 heterocycles. The lowest BCUT2D eigenvalue weighted by atomic mass is 9.95. The summed E-state index contributed by atoms with van der Waals surface area (Å²) >= 11 is 1.60. The topological polar surface area (TPSA) is 74.8 Å². The minimum Gasteiger partial charge on any atom is -0.344 e. The first-order valence-electron chi connectivity index (χ1n) is 8.47. The first kappa shape index (κ1) is 16.9. The second-order valence-corrected chi connectivity index (χ2v) is 7.57. The van der Waals surface area contributed by atoms with Gasteiger partial charge in [0.25, 0.3) is 11.5 Å². The third-order valence-corrected chi connectivity index (χ3v) is 5.57. The highest BCUT2D eigenvalue weighted by atomic mass is 32.1. The molecule has 0 aromatic carbocycles. The van der Waals surface area contributed by atoms with Gasteiger partial charge in [-0.25, -0.2) is 4.98 Å². The zero-order valence-corrected chi connectivity index (χ0v) is 15.1. The molecule has 3 rings (SSSR count). The number of hydrogen-bond acceptors (Lipinski definition) is 4. The number of amides is 1. The molecule has 0 spiro atoms. The van der Waals surface area contributed by atoms with Gasteiger partial charge in [0.15, 0.2) is 0 Å². The first-order chi connectivity index (χ1) is 11.5. The molecule has 6 heteroatoms. The van der Waals surface area contributed by atoms with Crippen LogP contribution in [0, 0.1) is 0 Å². The van der Waals surface area contributed by atoms with Crippen molar-refractivity contribution in [1.82, 2.24) is 15.3 Å². The molecular weight excluding hydrogens is 322 g/mol. The van der Waals surface area contributed by atoms with Gasteiger partial charge >= 0.3 is 0 Å². The molecule has 128 valence electrons. The summed E-state index contributed by atoms with van der Waals surface area (Å²) in [6, 6.07) is 1.53. The maximum absolute atomic E-state index is 12.5. The standard InChI is InChI=1S/C18H23N3O2S/c1-10(2)18-21-15(9-24-18)11(3)19-16(22)13-8-12-6-4-5-7-14(12)20-17(13)23/h8-11H,4-7H2,1-3H3,(H,19,22)(H,20,23). The van der Waals surface area contributed by atoms with Crippen LogP contribution in [0.25, 0.3) is 0 Å². The van der Waals surface area contributed by atoms with Gasteiger partial charge in [-0.15, -0.1) is 11.3 Å². The number of H-pyrrole nitrogens is 1. The largest absolute Gasteiger partial charge is 0.344 e. The van der Waals surface area contributed by atoms with Crippen molar-refractivity contribution in [3.8, 4) is 0 Å². The summed E-state index contributed by atoms with van der Waals surface area (Å²) in [6.45, 7) is 6.08. The molecule has 1 unspecified atom stereocenters. The highest BCUT2D eigenvalue weighted by molar-refractivity contribution is 7.09. The number of fused-ring (bicyclic) bond motifs is 1. The van der Waals surface area contributed by atoms with E-state index in [0.29, 0.717) is 5.92 Å². The van der Waals surface area contributed by atoms with Crippen LogP contribution in [0.4, 0.5) is 0 Å². The van der Waals surface area contributed by atoms with Gasteiger partial charge in [-0.05, 0) is 44.2 Å². The van der Waals surface area contributed by atoms with E-state index in [-0.39, 0.29) is 23.1 Å². The molecule has 1 aliphatic carbocycles. The molecule has 1 aliphatic rings. The molecule has 0 saturated heterocycles. The van der Waals surface area contributed by atoms with Crippen molar-refractivity contribution >= 4 is 17.2 Å². The van der Waals surface area contributed by atoms with Gasteiger partial charge in [0.05, 0.1) is 16.7 Å². The van der Waals surface area contributed by atoms with Gasteiger partial charge < -0.3 is 10.3 Å². The Bertz CT molecular complexity index is 807. The van der Waals surface area contributed by atoms with Crippen LogP contribution >= 0.6 is 11.3 Å². The third kappa shape index (κ3) is 3.43. The second kappa shape index (κ2) is 6.89. The number of carbonyl (C=O) groups is 1. The lowest BCUT2D eigenvalue weighted by Crippen LogP contribution is -2.32. The minimum atomic E-state index is -0.337. The highest BCUT2D eigenvalue weighted by Gasteiger charge is 2.20. The van der Waals surface area contributed by atoms with Crippen molar-refractivity contribution in [2.75, 3.05) is 0 Å². The van der Waals surface area contributed by atoms with E-state index in [1.165, 1.54) is 0 Å². The molecule has 0 bridgehead atoms. The van der Waals surface area contributed by atoms with E-state index in [0.717, 1.165) is 47.6 Å². The monoisotopic (exact) mass is 345 g/mol. The molecular formula is C18H23N3O2S. The third-order valence-electron chi connectivity index (χ3n) is 4.41. The number of nitrogens with zero attached hydrogens (tertiary/aromatic N) is 1. The molecule has 2 N–H and O–H groups in total. The molecule has 2 aromatic heterocycles. The maximum atomic E-state index is 12.5. The highest BCUT2D eigenvalue weighted by Crippen LogP contribution is 2.23. The van der Waals surface area contributed by atoms with Crippen molar-refractivity contribution < 1.29 is 4.79 Å². The van der Waals surface area contributed by atoms with Crippen molar-refractivity contribution in [2.24, 2.45) is 0 Å². The average molecular weight is 345 g/mol. The summed E-state index contributed by atoms with van der Waals surface area (Å²) in [5, 5.41) is 5.92. The van der Waals surface area contributed by atoms with Crippen LogP contribution in [0.15, 0.2) is 16.2 Å². The van der Waals surface area contributed by atoms with Gasteiger partial charge in [0, 0.05) is 17.0 Å². The van der Waals surface area contributed by atoms with Gasteiger partial charge in [0.1, 0.15) is 5.56 Å². The summed E-state index contributed by atoms with van der Waals surface area (Å²) < 4.78 is 0. The Morgan fingerprint density at radius 2 is 2.04 bits per heavy atom. The van der Waals surface area contributed by atoms with E-state index in [1.807, 2.05) is 12.3 Å². The number of thiazole rings is 1. The van der Waals surface area contributed by atoms with Crippen molar-refractivity contribution in [3.05, 3.63) is 49.3 Å². The van der Waals surface area contributed by atoms with Crippen LogP contribution in [0.1, 0.15) is 77.9 Å². The Morgan fingerprint density at radius 3 is 2.75 bits per heavy atom. The molecule has 2 aromatic rings. The summed E-state index contributed by atoms with van der Waals surface area (Å²) in [6.07, 6.45) is 4.01. The number of aryl methyl sites for hydroxylation is 2. The van der Waals surface area contributed by atoms with Crippen molar-refractivity contribution in [3.63, 3.8) is 0 Å². The first-order valence-corrected chi connectivity index (χ1v) is 9.35. The van der Waals surface area contributed by atoms with Gasteiger partial charge in [-0.2, -0.15) is 0 Å². The number of carbonyl (C=O) groups excluding carboxylic acids is 1. The average Bonchev–Trinajstić information content (AvgIpc) is 3.04. The predicted octanol–water partition coefficient (Wildman–Crippen LogP) is 3.32. The van der Waals surface area contributed by atoms with Gasteiger partial charge in [-0.1, -0.05) is 13.8 Å². The molecule has 0 aliphatic heterocycles. The van der Waals surface area contributed by atoms with Gasteiger partial charge in [0.2, 0.25) is 0 Å². The van der Waals surface area contributed by atoms with Crippen LogP contribution in [-0.2, 0) is 12.8 Å². The van der Waals surface area contributed by atoms with Crippen LogP contribution in [0.5, 0.6) is 0 Å². The molecule has 1 atom stereocenters. The zero-order chi connectivity index (χ0) is 17.3. The van der Waals surface area contributed by atoms with E-state index >= 15 is 0 Å². The summed E-state index contributed by atoms with van der Waals surface area (Å²) in [5.74, 6) is 0.0337. The SMILES string of the molecule is CC(C)c1nc(C(C)NC(=O)c2cc3c([nH]c2=O)CCCC3)cs1. The van der Waals surface area contributed by atoms with Crippen LogP contribution < -0.4 is 10.9 Å². The van der Waals surface area contributed by atoms with Crippen LogP contribution in [0.2, 0.25) is 0 Å². The molecule has 0 saturated carbocycles. The lowest BCUT2D eigenvalue weighted by molar-refractivity contribution is 0.0937. The number of aromatic amines is 1. The zero-order valence-electron chi connectivity index (χ0n) is 14.3. The van der Waals surface area contributed by atoms with Crippen LogP contribution in [-0.4, -0.2) is 15.9 Å². The number of rotatable bonds is 4. The van der Waals surface area contributed by atoms with E-state index in [4.69, 9.17) is 0 Å². The Morgan fingerprint density at radius 1 is 1.29 bits per heavy atom. The van der Waals surface area contributed by atoms with E-state index in [1.54, 1.807) is 17.4 Å². The van der Waals surface area contributed by atoms with Crippen molar-refractivity contribution in [2.45, 2.75) is 58.4 Å². The Hall–Kier alpha value is -1.95. The molecule has 0 radical (unpaired) electrons.